The van der Waals surface area contributed by atoms with Crippen LogP contribution in [-0.2, 0) is 4.74 Å². The van der Waals surface area contributed by atoms with Gasteiger partial charge in [0, 0.05) is 0 Å². The number of amides is 1. The Morgan fingerprint density at radius 1 is 1.36 bits per heavy atom. The molecule has 0 bridgehead atoms. The Morgan fingerprint density at radius 3 is 2.79 bits per heavy atom. The highest BCUT2D eigenvalue weighted by atomic mass is 16.5. The average Bonchev–Trinajstić information content (AvgIpc) is 2.33. The molecule has 0 aliphatic rings. The highest BCUT2D eigenvalue weighted by molar-refractivity contribution is 5.84. The number of hydrogen-bond acceptors (Lipinski definition) is 3. The van der Waals surface area contributed by atoms with E-state index in [0.717, 1.165) is 0 Å². The van der Waals surface area contributed by atoms with Crippen LogP contribution in [0.15, 0.2) is 35.1 Å². The Labute approximate surface area is 81.5 Å². The van der Waals surface area contributed by atoms with Crippen LogP contribution in [-0.4, -0.2) is 12.7 Å². The maximum absolute atomic E-state index is 11.3. The highest BCUT2D eigenvalue weighted by Crippen LogP contribution is 1.97. The zero-order valence-corrected chi connectivity index (χ0v) is 7.82. The average molecular weight is 193 g/mol. The minimum absolute atomic E-state index is 0.216. The predicted molar refractivity (Wildman–Crippen MR) is 53.4 cm³/mol. The molecule has 4 heteroatoms. The summed E-state index contributed by atoms with van der Waals surface area (Å²) in [6.45, 7) is 1.97. The quantitative estimate of drug-likeness (QED) is 0.776. The fourth-order valence-corrected chi connectivity index (χ4v) is 0.911. The van der Waals surface area contributed by atoms with Crippen molar-refractivity contribution in [1.82, 2.24) is 0 Å². The molecule has 0 unspecified atom stereocenters. The fraction of sp³-hybridized carbons (Fsp3) is 0.200. The summed E-state index contributed by atoms with van der Waals surface area (Å²) in [5.41, 5.74) is -0.0310. The van der Waals surface area contributed by atoms with Crippen LogP contribution in [0.2, 0.25) is 0 Å². The third-order valence-corrected chi connectivity index (χ3v) is 1.51. The largest absolute Gasteiger partial charge is 0.450 e. The van der Waals surface area contributed by atoms with E-state index in [0.29, 0.717) is 0 Å². The van der Waals surface area contributed by atoms with Crippen molar-refractivity contribution in [2.75, 3.05) is 11.9 Å². The summed E-state index contributed by atoms with van der Waals surface area (Å²) < 4.78 is 4.64. The Hall–Kier alpha value is -1.84. The first kappa shape index (κ1) is 10.2. The van der Waals surface area contributed by atoms with Gasteiger partial charge in [-0.15, -0.1) is 0 Å². The number of hydrogen-bond donors (Lipinski definition) is 1. The van der Waals surface area contributed by atoms with Crippen molar-refractivity contribution >= 4 is 11.8 Å². The number of carbonyl (C=O) groups excluding carboxylic acids is 1. The number of nitrogens with one attached hydrogen (secondary N) is 1. The molecular weight excluding hydrogens is 182 g/mol. The monoisotopic (exact) mass is 193 g/mol. The number of anilines is 1. The van der Waals surface area contributed by atoms with Gasteiger partial charge in [0.25, 0.3) is 0 Å². The van der Waals surface area contributed by atoms with Gasteiger partial charge in [-0.05, 0) is 19.1 Å². The zero-order valence-electron chi connectivity index (χ0n) is 7.82. The molecule has 74 valence electrons. The minimum Gasteiger partial charge on any atom is -0.450 e. The van der Waals surface area contributed by atoms with E-state index in [1.807, 2.05) is 0 Å². The molecule has 0 aliphatic carbocycles. The summed E-state index contributed by atoms with van der Waals surface area (Å²) in [6.07, 6.45) is -0.615. The molecule has 0 aliphatic heterocycles. The second kappa shape index (κ2) is 5.01. The van der Waals surface area contributed by atoms with E-state index in [-0.39, 0.29) is 17.7 Å². The van der Waals surface area contributed by atoms with E-state index in [9.17, 15) is 9.59 Å². The standard InChI is InChI=1S/C10H11NO3/c1-2-14-10(13)11-8-6-4-3-5-7-9(8)12/h3-7H,2H2,1H3,(H,11,12,13). The maximum atomic E-state index is 11.3. The number of carbonyl (C=O) groups is 1. The van der Waals surface area contributed by atoms with Crippen LogP contribution < -0.4 is 10.7 Å². The summed E-state index contributed by atoms with van der Waals surface area (Å²) in [4.78, 5) is 22.3. The lowest BCUT2D eigenvalue weighted by atomic mass is 10.4. The molecule has 0 saturated heterocycles. The zero-order chi connectivity index (χ0) is 10.4. The van der Waals surface area contributed by atoms with Gasteiger partial charge in [0.05, 0.1) is 12.3 Å². The Morgan fingerprint density at radius 2 is 2.07 bits per heavy atom. The van der Waals surface area contributed by atoms with Gasteiger partial charge >= 0.3 is 6.09 Å². The molecule has 0 radical (unpaired) electrons. The fourth-order valence-electron chi connectivity index (χ4n) is 0.911. The van der Waals surface area contributed by atoms with Crippen LogP contribution in [0, 0.1) is 0 Å². The van der Waals surface area contributed by atoms with Gasteiger partial charge in [-0.2, -0.15) is 0 Å². The van der Waals surface area contributed by atoms with Gasteiger partial charge in [0.2, 0.25) is 5.43 Å². The van der Waals surface area contributed by atoms with Crippen LogP contribution in [0.4, 0.5) is 10.5 Å². The Kier molecular flexibility index (Phi) is 3.67. The molecule has 1 rings (SSSR count). The third kappa shape index (κ3) is 2.90. The SMILES string of the molecule is CCOC(=O)Nc1cccccc1=O. The molecule has 0 saturated carbocycles. The maximum Gasteiger partial charge on any atom is 0.411 e. The lowest BCUT2D eigenvalue weighted by Gasteiger charge is -2.01. The van der Waals surface area contributed by atoms with Crippen molar-refractivity contribution in [3.8, 4) is 0 Å². The van der Waals surface area contributed by atoms with Gasteiger partial charge < -0.3 is 4.74 Å². The van der Waals surface area contributed by atoms with Crippen molar-refractivity contribution in [2.45, 2.75) is 6.92 Å². The van der Waals surface area contributed by atoms with E-state index < -0.39 is 6.09 Å². The molecule has 1 aromatic carbocycles. The van der Waals surface area contributed by atoms with Gasteiger partial charge in [-0.1, -0.05) is 18.2 Å². The van der Waals surface area contributed by atoms with Crippen molar-refractivity contribution in [1.29, 1.82) is 0 Å². The first-order chi connectivity index (χ1) is 6.74. The van der Waals surface area contributed by atoms with E-state index in [2.05, 4.69) is 10.1 Å². The lowest BCUT2D eigenvalue weighted by molar-refractivity contribution is 0.168. The highest BCUT2D eigenvalue weighted by Gasteiger charge is 2.02. The molecular formula is C10H11NO3. The van der Waals surface area contributed by atoms with Crippen LogP contribution in [0.25, 0.3) is 0 Å². The van der Waals surface area contributed by atoms with Crippen molar-refractivity contribution in [3.63, 3.8) is 0 Å². The van der Waals surface area contributed by atoms with E-state index in [1.165, 1.54) is 12.1 Å². The minimum atomic E-state index is -0.615. The van der Waals surface area contributed by atoms with Crippen molar-refractivity contribution < 1.29 is 9.53 Å². The summed E-state index contributed by atoms with van der Waals surface area (Å²) in [6, 6.07) is 7.89. The number of rotatable bonds is 2. The molecule has 0 fully saturated rings. The molecule has 1 amide bonds. The predicted octanol–water partition coefficient (Wildman–Crippen LogP) is 1.62. The van der Waals surface area contributed by atoms with E-state index in [4.69, 9.17) is 0 Å². The summed E-state index contributed by atoms with van der Waals surface area (Å²) in [7, 11) is 0. The van der Waals surface area contributed by atoms with Crippen molar-refractivity contribution in [2.24, 2.45) is 0 Å². The Balaban J connectivity index is 2.83. The summed E-state index contributed by atoms with van der Waals surface area (Å²) >= 11 is 0. The smallest absolute Gasteiger partial charge is 0.411 e. The molecule has 1 aromatic rings. The van der Waals surface area contributed by atoms with Crippen LogP contribution in [0.1, 0.15) is 6.92 Å². The van der Waals surface area contributed by atoms with Gasteiger partial charge in [0.15, 0.2) is 0 Å². The molecule has 1 N–H and O–H groups in total. The molecule has 0 atom stereocenters. The molecule has 0 heterocycles. The van der Waals surface area contributed by atoms with Gasteiger partial charge in [0.1, 0.15) is 0 Å². The normalized spacial score (nSPS) is 9.21. The van der Waals surface area contributed by atoms with E-state index in [1.54, 1.807) is 25.1 Å². The van der Waals surface area contributed by atoms with Crippen LogP contribution in [0.3, 0.4) is 0 Å². The summed E-state index contributed by atoms with van der Waals surface area (Å²) in [5, 5.41) is 2.36. The molecule has 4 nitrogen and oxygen atoms in total. The second-order valence-electron chi connectivity index (χ2n) is 2.53. The van der Waals surface area contributed by atoms with Crippen molar-refractivity contribution in [3.05, 3.63) is 40.6 Å². The topological polar surface area (TPSA) is 55.4 Å². The van der Waals surface area contributed by atoms with Crippen LogP contribution >= 0.6 is 0 Å². The third-order valence-electron chi connectivity index (χ3n) is 1.51. The van der Waals surface area contributed by atoms with Gasteiger partial charge in [-0.3, -0.25) is 10.1 Å². The lowest BCUT2D eigenvalue weighted by Crippen LogP contribution is -2.17. The second-order valence-corrected chi connectivity index (χ2v) is 2.53. The van der Waals surface area contributed by atoms with E-state index >= 15 is 0 Å². The number of ether oxygens (including phenoxy) is 1. The molecule has 0 spiro atoms. The first-order valence-electron chi connectivity index (χ1n) is 4.27. The molecule has 14 heavy (non-hydrogen) atoms. The van der Waals surface area contributed by atoms with Crippen LogP contribution in [0.5, 0.6) is 0 Å². The Bertz CT molecular complexity index is 376. The molecule has 0 aromatic heterocycles. The first-order valence-corrected chi connectivity index (χ1v) is 4.27. The van der Waals surface area contributed by atoms with Gasteiger partial charge in [-0.25, -0.2) is 4.79 Å². The summed E-state index contributed by atoms with van der Waals surface area (Å²) in [5.74, 6) is 0.